The van der Waals surface area contributed by atoms with E-state index in [0.29, 0.717) is 6.10 Å². The number of hydroxylamine groups is 1. The molecular weight excluding hydrogens is 205 g/mol. The van der Waals surface area contributed by atoms with E-state index in [1.54, 1.807) is 6.07 Å². The first-order valence-electron chi connectivity index (χ1n) is 5.92. The third-order valence-corrected chi connectivity index (χ3v) is 3.06. The molecule has 88 valence electrons. The molecule has 0 saturated heterocycles. The standard InChI is InChI=1S/C13H18FNO/c1-10(11-5-4-6-12(14)9-11)15-16-13-7-2-3-8-13/h4-6,9-10,13,15H,2-3,7-8H2,1H3. The molecule has 0 aliphatic heterocycles. The zero-order valence-electron chi connectivity index (χ0n) is 9.58. The summed E-state index contributed by atoms with van der Waals surface area (Å²) in [6.07, 6.45) is 5.09. The van der Waals surface area contributed by atoms with Gasteiger partial charge in [0, 0.05) is 0 Å². The minimum Gasteiger partial charge on any atom is -0.298 e. The lowest BCUT2D eigenvalue weighted by molar-refractivity contribution is -0.0377. The highest BCUT2D eigenvalue weighted by Gasteiger charge is 2.16. The molecule has 1 aliphatic carbocycles. The first-order valence-corrected chi connectivity index (χ1v) is 5.92. The molecule has 1 N–H and O–H groups in total. The normalized spacial score (nSPS) is 18.9. The molecule has 0 heterocycles. The zero-order chi connectivity index (χ0) is 11.4. The Hall–Kier alpha value is -0.930. The van der Waals surface area contributed by atoms with Gasteiger partial charge in [0.2, 0.25) is 0 Å². The van der Waals surface area contributed by atoms with Crippen LogP contribution >= 0.6 is 0 Å². The maximum absolute atomic E-state index is 13.0. The fraction of sp³-hybridized carbons (Fsp3) is 0.538. The van der Waals surface area contributed by atoms with Gasteiger partial charge in [0.1, 0.15) is 5.82 Å². The van der Waals surface area contributed by atoms with E-state index in [1.165, 1.54) is 25.0 Å². The van der Waals surface area contributed by atoms with Gasteiger partial charge in [-0.05, 0) is 37.5 Å². The maximum Gasteiger partial charge on any atom is 0.123 e. The predicted octanol–water partition coefficient (Wildman–Crippen LogP) is 3.35. The molecule has 0 aromatic heterocycles. The number of hydrogen-bond donors (Lipinski definition) is 1. The smallest absolute Gasteiger partial charge is 0.123 e. The van der Waals surface area contributed by atoms with E-state index in [1.807, 2.05) is 13.0 Å². The van der Waals surface area contributed by atoms with Crippen molar-refractivity contribution >= 4 is 0 Å². The van der Waals surface area contributed by atoms with E-state index in [4.69, 9.17) is 4.84 Å². The SMILES string of the molecule is CC(NOC1CCCC1)c1cccc(F)c1. The van der Waals surface area contributed by atoms with Gasteiger partial charge in [-0.2, -0.15) is 5.48 Å². The molecule has 1 saturated carbocycles. The van der Waals surface area contributed by atoms with Gasteiger partial charge in [-0.1, -0.05) is 25.0 Å². The van der Waals surface area contributed by atoms with Crippen molar-refractivity contribution in [1.82, 2.24) is 5.48 Å². The molecule has 1 atom stereocenters. The first kappa shape index (κ1) is 11.6. The van der Waals surface area contributed by atoms with E-state index < -0.39 is 0 Å². The number of halogens is 1. The minimum atomic E-state index is -0.202. The summed E-state index contributed by atoms with van der Waals surface area (Å²) < 4.78 is 13.0. The summed E-state index contributed by atoms with van der Waals surface area (Å²) in [6.45, 7) is 1.98. The lowest BCUT2D eigenvalue weighted by atomic mass is 10.1. The van der Waals surface area contributed by atoms with Gasteiger partial charge in [0.15, 0.2) is 0 Å². The van der Waals surface area contributed by atoms with Crippen LogP contribution in [0.25, 0.3) is 0 Å². The molecule has 0 amide bonds. The second-order valence-corrected chi connectivity index (χ2v) is 4.42. The summed E-state index contributed by atoms with van der Waals surface area (Å²) in [7, 11) is 0. The van der Waals surface area contributed by atoms with Crippen molar-refractivity contribution in [2.45, 2.75) is 44.8 Å². The summed E-state index contributed by atoms with van der Waals surface area (Å²) >= 11 is 0. The molecule has 0 bridgehead atoms. The second kappa shape index (κ2) is 5.41. The average Bonchev–Trinajstić information content (AvgIpc) is 2.78. The van der Waals surface area contributed by atoms with Gasteiger partial charge in [0.05, 0.1) is 12.1 Å². The van der Waals surface area contributed by atoms with Gasteiger partial charge in [-0.15, -0.1) is 0 Å². The minimum absolute atomic E-state index is 0.0244. The monoisotopic (exact) mass is 223 g/mol. The van der Waals surface area contributed by atoms with Crippen molar-refractivity contribution in [2.75, 3.05) is 0 Å². The van der Waals surface area contributed by atoms with Crippen LogP contribution in [-0.2, 0) is 4.84 Å². The number of benzene rings is 1. The zero-order valence-corrected chi connectivity index (χ0v) is 9.58. The van der Waals surface area contributed by atoms with Crippen molar-refractivity contribution in [2.24, 2.45) is 0 Å². The lowest BCUT2D eigenvalue weighted by Crippen LogP contribution is -2.24. The third-order valence-electron chi connectivity index (χ3n) is 3.06. The summed E-state index contributed by atoms with van der Waals surface area (Å²) in [5, 5.41) is 0. The maximum atomic E-state index is 13.0. The lowest BCUT2D eigenvalue weighted by Gasteiger charge is -2.17. The van der Waals surface area contributed by atoms with Crippen LogP contribution in [0.15, 0.2) is 24.3 Å². The molecule has 0 spiro atoms. The highest BCUT2D eigenvalue weighted by atomic mass is 19.1. The Morgan fingerprint density at radius 1 is 1.38 bits per heavy atom. The highest BCUT2D eigenvalue weighted by Crippen LogP contribution is 2.21. The van der Waals surface area contributed by atoms with Crippen molar-refractivity contribution in [3.05, 3.63) is 35.6 Å². The Morgan fingerprint density at radius 2 is 2.12 bits per heavy atom. The summed E-state index contributed by atoms with van der Waals surface area (Å²) in [4.78, 5) is 5.59. The van der Waals surface area contributed by atoms with Crippen LogP contribution in [0.2, 0.25) is 0 Å². The summed E-state index contributed by atoms with van der Waals surface area (Å²) in [5.41, 5.74) is 3.92. The van der Waals surface area contributed by atoms with Crippen molar-refractivity contribution in [1.29, 1.82) is 0 Å². The largest absolute Gasteiger partial charge is 0.298 e. The van der Waals surface area contributed by atoms with E-state index in [0.717, 1.165) is 18.4 Å². The Balaban J connectivity index is 1.85. The van der Waals surface area contributed by atoms with Crippen LogP contribution < -0.4 is 5.48 Å². The number of hydrogen-bond acceptors (Lipinski definition) is 2. The van der Waals surface area contributed by atoms with E-state index in [2.05, 4.69) is 5.48 Å². The van der Waals surface area contributed by atoms with E-state index in [9.17, 15) is 4.39 Å². The predicted molar refractivity (Wildman–Crippen MR) is 61.3 cm³/mol. The molecular formula is C13H18FNO. The number of rotatable bonds is 4. The quantitative estimate of drug-likeness (QED) is 0.790. The van der Waals surface area contributed by atoms with Gasteiger partial charge in [-0.3, -0.25) is 4.84 Å². The van der Waals surface area contributed by atoms with E-state index in [-0.39, 0.29) is 11.9 Å². The van der Waals surface area contributed by atoms with Crippen LogP contribution in [0.4, 0.5) is 4.39 Å². The molecule has 3 heteroatoms. The fourth-order valence-electron chi connectivity index (χ4n) is 2.05. The third kappa shape index (κ3) is 3.03. The molecule has 1 aromatic rings. The fourth-order valence-corrected chi connectivity index (χ4v) is 2.05. The summed E-state index contributed by atoms with van der Waals surface area (Å²) in [5.74, 6) is -0.202. The van der Waals surface area contributed by atoms with Crippen molar-refractivity contribution in [3.63, 3.8) is 0 Å². The molecule has 1 aromatic carbocycles. The Kier molecular flexibility index (Phi) is 3.91. The van der Waals surface area contributed by atoms with Crippen LogP contribution in [0.3, 0.4) is 0 Å². The average molecular weight is 223 g/mol. The van der Waals surface area contributed by atoms with Crippen LogP contribution in [0.1, 0.15) is 44.2 Å². The topological polar surface area (TPSA) is 21.3 Å². The number of nitrogens with one attached hydrogen (secondary N) is 1. The molecule has 2 rings (SSSR count). The molecule has 2 nitrogen and oxygen atoms in total. The van der Waals surface area contributed by atoms with Crippen molar-refractivity contribution < 1.29 is 9.23 Å². The molecule has 1 aliphatic rings. The highest BCUT2D eigenvalue weighted by molar-refractivity contribution is 5.19. The molecule has 1 unspecified atom stereocenters. The van der Waals surface area contributed by atoms with Gasteiger partial charge in [0.25, 0.3) is 0 Å². The van der Waals surface area contributed by atoms with Crippen molar-refractivity contribution in [3.8, 4) is 0 Å². The van der Waals surface area contributed by atoms with E-state index >= 15 is 0 Å². The Morgan fingerprint density at radius 3 is 2.81 bits per heavy atom. The van der Waals surface area contributed by atoms with Gasteiger partial charge < -0.3 is 0 Å². The van der Waals surface area contributed by atoms with Crippen LogP contribution in [0.5, 0.6) is 0 Å². The molecule has 1 fully saturated rings. The van der Waals surface area contributed by atoms with Crippen LogP contribution in [-0.4, -0.2) is 6.10 Å². The molecule has 0 radical (unpaired) electrons. The Bertz CT molecular complexity index is 336. The van der Waals surface area contributed by atoms with Crippen LogP contribution in [0, 0.1) is 5.82 Å². The second-order valence-electron chi connectivity index (χ2n) is 4.42. The summed E-state index contributed by atoms with van der Waals surface area (Å²) in [6, 6.07) is 6.64. The first-order chi connectivity index (χ1) is 7.75. The van der Waals surface area contributed by atoms with Gasteiger partial charge in [-0.25, -0.2) is 4.39 Å². The van der Waals surface area contributed by atoms with Gasteiger partial charge >= 0.3 is 0 Å². The Labute approximate surface area is 95.8 Å². The molecule has 16 heavy (non-hydrogen) atoms.